The Kier molecular flexibility index (Phi) is 4.56. The molecule has 2 nitrogen and oxygen atoms in total. The van der Waals surface area contributed by atoms with E-state index in [4.69, 9.17) is 0 Å². The van der Waals surface area contributed by atoms with Crippen LogP contribution in [0.3, 0.4) is 0 Å². The van der Waals surface area contributed by atoms with Crippen LogP contribution in [0.15, 0.2) is 76.7 Å². The zero-order chi connectivity index (χ0) is 18.1. The second-order valence-electron chi connectivity index (χ2n) is 6.54. The topological polar surface area (TPSA) is 7.12 Å². The summed E-state index contributed by atoms with van der Waals surface area (Å²) in [5, 5.41) is 1.29. The summed E-state index contributed by atoms with van der Waals surface area (Å²) in [6, 6.07) is 23.8. The minimum absolute atomic E-state index is 0.973. The van der Waals surface area contributed by atoms with Gasteiger partial charge in [-0.15, -0.1) is 0 Å². The van der Waals surface area contributed by atoms with Crippen LogP contribution in [0.4, 0.5) is 5.69 Å². The number of hydrogen-bond donors (Lipinski definition) is 0. The van der Waals surface area contributed by atoms with Gasteiger partial charge in [-0.2, -0.15) is 4.57 Å². The molecule has 0 spiro atoms. The number of para-hydroxylation sites is 1. The van der Waals surface area contributed by atoms with E-state index in [0.717, 1.165) is 6.54 Å². The van der Waals surface area contributed by atoms with E-state index in [1.54, 1.807) is 0 Å². The average molecular weight is 360 g/mol. The van der Waals surface area contributed by atoms with Crippen molar-refractivity contribution < 1.29 is 4.57 Å². The Balaban J connectivity index is 1.78. The van der Waals surface area contributed by atoms with Crippen molar-refractivity contribution >= 4 is 23.5 Å². The molecule has 0 amide bonds. The normalized spacial score (nSPS) is 14.7. The first-order chi connectivity index (χ1) is 12.7. The third-order valence-corrected chi connectivity index (χ3v) is 5.99. The number of aryl methyl sites for hydroxylation is 1. The molecule has 0 saturated heterocycles. The summed E-state index contributed by atoms with van der Waals surface area (Å²) in [4.78, 5) is 3.73. The van der Waals surface area contributed by atoms with Crippen LogP contribution in [0.5, 0.6) is 0 Å². The highest BCUT2D eigenvalue weighted by molar-refractivity contribution is 8.03. The first-order valence-electron chi connectivity index (χ1n) is 8.99. The summed E-state index contributed by atoms with van der Waals surface area (Å²) in [5.74, 6) is 0. The molecular formula is C23H23N2S+. The third-order valence-electron chi connectivity index (χ3n) is 4.88. The Morgan fingerprint density at radius 1 is 1.00 bits per heavy atom. The van der Waals surface area contributed by atoms with Crippen molar-refractivity contribution in [2.45, 2.75) is 18.7 Å². The predicted octanol–water partition coefficient (Wildman–Crippen LogP) is 5.42. The van der Waals surface area contributed by atoms with Gasteiger partial charge >= 0.3 is 0 Å². The molecule has 1 aliphatic rings. The Morgan fingerprint density at radius 3 is 2.50 bits per heavy atom. The quantitative estimate of drug-likeness (QED) is 0.577. The van der Waals surface area contributed by atoms with Crippen LogP contribution >= 0.6 is 11.8 Å². The molecule has 26 heavy (non-hydrogen) atoms. The maximum Gasteiger partial charge on any atom is 0.213 e. The molecule has 130 valence electrons. The number of fused-ring (bicyclic) bond motifs is 1. The molecule has 0 aliphatic carbocycles. The van der Waals surface area contributed by atoms with E-state index in [-0.39, 0.29) is 0 Å². The smallest absolute Gasteiger partial charge is 0.213 e. The molecule has 3 heteroatoms. The van der Waals surface area contributed by atoms with Gasteiger partial charge in [-0.05, 0) is 42.8 Å². The minimum Gasteiger partial charge on any atom is -0.335 e. The van der Waals surface area contributed by atoms with Gasteiger partial charge in [0.25, 0.3) is 0 Å². The van der Waals surface area contributed by atoms with E-state index >= 15 is 0 Å². The molecule has 0 saturated carbocycles. The minimum atomic E-state index is 0.973. The average Bonchev–Trinajstić information content (AvgIpc) is 3.02. The lowest BCUT2D eigenvalue weighted by Gasteiger charge is -2.18. The van der Waals surface area contributed by atoms with E-state index in [9.17, 15) is 0 Å². The van der Waals surface area contributed by atoms with Gasteiger partial charge in [0.05, 0.1) is 10.7 Å². The van der Waals surface area contributed by atoms with E-state index in [1.165, 1.54) is 38.1 Å². The number of anilines is 1. The maximum atomic E-state index is 2.39. The molecule has 0 N–H and O–H groups in total. The summed E-state index contributed by atoms with van der Waals surface area (Å²) in [5.41, 5.74) is 6.29. The van der Waals surface area contributed by atoms with Gasteiger partial charge < -0.3 is 4.90 Å². The number of hydrogen-bond acceptors (Lipinski definition) is 2. The van der Waals surface area contributed by atoms with E-state index in [1.807, 2.05) is 11.8 Å². The summed E-state index contributed by atoms with van der Waals surface area (Å²) < 4.78 is 2.26. The van der Waals surface area contributed by atoms with Crippen molar-refractivity contribution in [1.29, 1.82) is 0 Å². The van der Waals surface area contributed by atoms with Crippen molar-refractivity contribution in [3.05, 3.63) is 83.0 Å². The van der Waals surface area contributed by atoms with Crippen molar-refractivity contribution in [3.63, 3.8) is 0 Å². The Labute approximate surface area is 159 Å². The maximum absolute atomic E-state index is 2.39. The van der Waals surface area contributed by atoms with Crippen molar-refractivity contribution in [2.75, 3.05) is 11.4 Å². The van der Waals surface area contributed by atoms with Crippen LogP contribution < -0.4 is 9.47 Å². The standard InChI is InChI=1S/C23H23N2S/c1-4-25-20-12-8-9-13-22(20)26-23(25)16-18-14-17(2)24(3)21(15-18)19-10-6-5-7-11-19/h5-16H,4H2,1-3H3/q+1. The second kappa shape index (κ2) is 7.00. The molecule has 0 atom stereocenters. The van der Waals surface area contributed by atoms with Crippen LogP contribution in [-0.2, 0) is 7.05 Å². The van der Waals surface area contributed by atoms with Gasteiger partial charge in [-0.3, -0.25) is 0 Å². The number of thioether (sulfide) groups is 1. The van der Waals surface area contributed by atoms with Crippen LogP contribution in [0.1, 0.15) is 18.2 Å². The molecule has 0 radical (unpaired) electrons. The number of nitrogens with zero attached hydrogens (tertiary/aromatic N) is 2. The highest BCUT2D eigenvalue weighted by atomic mass is 32.2. The first kappa shape index (κ1) is 16.9. The van der Waals surface area contributed by atoms with Crippen LogP contribution in [0.25, 0.3) is 17.3 Å². The zero-order valence-electron chi connectivity index (χ0n) is 15.4. The monoisotopic (exact) mass is 359 g/mol. The molecule has 0 fully saturated rings. The molecule has 1 aliphatic heterocycles. The lowest BCUT2D eigenvalue weighted by molar-refractivity contribution is -0.666. The van der Waals surface area contributed by atoms with Crippen molar-refractivity contribution in [3.8, 4) is 11.3 Å². The van der Waals surface area contributed by atoms with Crippen LogP contribution in [0, 0.1) is 6.92 Å². The Bertz CT molecular complexity index is 977. The largest absolute Gasteiger partial charge is 0.335 e. The summed E-state index contributed by atoms with van der Waals surface area (Å²) >= 11 is 1.86. The summed E-state index contributed by atoms with van der Waals surface area (Å²) in [7, 11) is 2.13. The number of benzene rings is 2. The second-order valence-corrected chi connectivity index (χ2v) is 7.60. The van der Waals surface area contributed by atoms with Gasteiger partial charge in [0.2, 0.25) is 5.69 Å². The summed E-state index contributed by atoms with van der Waals surface area (Å²) in [6.45, 7) is 5.35. The lowest BCUT2D eigenvalue weighted by atomic mass is 10.1. The molecule has 0 unspecified atom stereocenters. The first-order valence-corrected chi connectivity index (χ1v) is 9.81. The SMILES string of the molecule is CCN1C(=Cc2cc(C)[n+](C)c(-c3ccccc3)c2)Sc2ccccc21. The Hall–Kier alpha value is -2.52. The highest BCUT2D eigenvalue weighted by Crippen LogP contribution is 2.46. The number of aromatic nitrogens is 1. The van der Waals surface area contributed by atoms with Crippen LogP contribution in [0.2, 0.25) is 0 Å². The molecular weight excluding hydrogens is 336 g/mol. The molecule has 0 bridgehead atoms. The zero-order valence-corrected chi connectivity index (χ0v) is 16.3. The molecule has 3 aromatic rings. The van der Waals surface area contributed by atoms with Gasteiger partial charge in [-0.25, -0.2) is 0 Å². The van der Waals surface area contributed by atoms with Gasteiger partial charge in [-0.1, -0.05) is 42.1 Å². The fourth-order valence-corrected chi connectivity index (χ4v) is 4.61. The number of rotatable bonds is 3. The van der Waals surface area contributed by atoms with E-state index < -0.39 is 0 Å². The predicted molar refractivity (Wildman–Crippen MR) is 111 cm³/mol. The molecule has 2 heterocycles. The fourth-order valence-electron chi connectivity index (χ4n) is 3.42. The molecule has 1 aromatic heterocycles. The van der Waals surface area contributed by atoms with Crippen molar-refractivity contribution in [1.82, 2.24) is 0 Å². The highest BCUT2D eigenvalue weighted by Gasteiger charge is 2.23. The number of pyridine rings is 1. The van der Waals surface area contributed by atoms with Gasteiger partial charge in [0.1, 0.15) is 7.05 Å². The van der Waals surface area contributed by atoms with Gasteiger partial charge in [0, 0.05) is 36.1 Å². The van der Waals surface area contributed by atoms with Gasteiger partial charge in [0.15, 0.2) is 5.69 Å². The van der Waals surface area contributed by atoms with E-state index in [2.05, 4.69) is 103 Å². The van der Waals surface area contributed by atoms with E-state index in [0.29, 0.717) is 0 Å². The fraction of sp³-hybridized carbons (Fsp3) is 0.174. The Morgan fingerprint density at radius 2 is 1.73 bits per heavy atom. The third kappa shape index (κ3) is 3.04. The van der Waals surface area contributed by atoms with Crippen molar-refractivity contribution in [2.24, 2.45) is 7.05 Å². The van der Waals surface area contributed by atoms with Crippen LogP contribution in [-0.4, -0.2) is 6.54 Å². The summed E-state index contributed by atoms with van der Waals surface area (Å²) in [6.07, 6.45) is 2.31. The molecule has 2 aromatic carbocycles. The lowest BCUT2D eigenvalue weighted by Crippen LogP contribution is -2.34. The molecule has 4 rings (SSSR count).